The Balaban J connectivity index is 1.65. The molecule has 0 fully saturated rings. The van der Waals surface area contributed by atoms with Gasteiger partial charge in [-0.15, -0.1) is 0 Å². The van der Waals surface area contributed by atoms with E-state index in [1.165, 1.54) is 43.5 Å². The van der Waals surface area contributed by atoms with Gasteiger partial charge in [-0.1, -0.05) is 18.2 Å². The molecule has 0 spiro atoms. The van der Waals surface area contributed by atoms with Crippen molar-refractivity contribution in [3.63, 3.8) is 0 Å². The van der Waals surface area contributed by atoms with E-state index in [0.29, 0.717) is 5.75 Å². The summed E-state index contributed by atoms with van der Waals surface area (Å²) in [5.74, 6) is -0.372. The van der Waals surface area contributed by atoms with Gasteiger partial charge in [0.2, 0.25) is 0 Å². The third kappa shape index (κ3) is 5.04. The second-order valence-corrected chi connectivity index (χ2v) is 6.28. The normalized spacial score (nSPS) is 11.3. The maximum absolute atomic E-state index is 12.1. The van der Waals surface area contributed by atoms with Gasteiger partial charge in [-0.2, -0.15) is 0 Å². The Bertz CT molecular complexity index is 1140. The SMILES string of the molecule is COc1ccc([N+](=O)[O-])c(/C=C/C(=O)CC(=O)/C=C/c2ccc3cc[nH]c3c2)c1. The first kappa shape index (κ1) is 19.8. The summed E-state index contributed by atoms with van der Waals surface area (Å²) in [5.41, 5.74) is 1.87. The first-order chi connectivity index (χ1) is 14.0. The highest BCUT2D eigenvalue weighted by molar-refractivity contribution is 6.11. The monoisotopic (exact) mass is 390 g/mol. The van der Waals surface area contributed by atoms with Crippen LogP contribution in [0.3, 0.4) is 0 Å². The zero-order valence-corrected chi connectivity index (χ0v) is 15.6. The van der Waals surface area contributed by atoms with Crippen molar-refractivity contribution >= 4 is 40.3 Å². The van der Waals surface area contributed by atoms with Gasteiger partial charge in [-0.3, -0.25) is 19.7 Å². The number of benzene rings is 2. The van der Waals surface area contributed by atoms with E-state index in [9.17, 15) is 19.7 Å². The number of nitrogens with one attached hydrogen (secondary N) is 1. The molecule has 0 bridgehead atoms. The molecular weight excluding hydrogens is 372 g/mol. The number of hydrogen-bond acceptors (Lipinski definition) is 5. The van der Waals surface area contributed by atoms with Crippen LogP contribution in [0.2, 0.25) is 0 Å². The summed E-state index contributed by atoms with van der Waals surface area (Å²) in [6.07, 6.45) is 6.99. The molecule has 0 aliphatic rings. The smallest absolute Gasteiger partial charge is 0.276 e. The van der Waals surface area contributed by atoms with Crippen molar-refractivity contribution in [2.45, 2.75) is 6.42 Å². The third-order valence-electron chi connectivity index (χ3n) is 4.27. The van der Waals surface area contributed by atoms with Gasteiger partial charge in [0, 0.05) is 17.8 Å². The van der Waals surface area contributed by atoms with Crippen LogP contribution in [0.15, 0.2) is 60.8 Å². The molecule has 0 aliphatic heterocycles. The molecule has 146 valence electrons. The van der Waals surface area contributed by atoms with E-state index in [4.69, 9.17) is 4.74 Å². The van der Waals surface area contributed by atoms with E-state index in [0.717, 1.165) is 16.5 Å². The predicted molar refractivity (Wildman–Crippen MR) is 111 cm³/mol. The van der Waals surface area contributed by atoms with Crippen LogP contribution < -0.4 is 4.74 Å². The average molecular weight is 390 g/mol. The Morgan fingerprint density at radius 3 is 2.55 bits per heavy atom. The van der Waals surface area contributed by atoms with E-state index in [2.05, 4.69) is 4.98 Å². The van der Waals surface area contributed by atoms with Crippen molar-refractivity contribution in [1.82, 2.24) is 4.98 Å². The molecule has 7 nitrogen and oxygen atoms in total. The number of nitrogens with zero attached hydrogens (tertiary/aromatic N) is 1. The molecule has 0 atom stereocenters. The second kappa shape index (κ2) is 8.79. The van der Waals surface area contributed by atoms with Crippen LogP contribution in [0.4, 0.5) is 5.69 Å². The number of hydrogen-bond donors (Lipinski definition) is 1. The molecule has 1 N–H and O–H groups in total. The molecule has 0 radical (unpaired) electrons. The molecule has 1 aromatic heterocycles. The minimum absolute atomic E-state index is 0.152. The third-order valence-corrected chi connectivity index (χ3v) is 4.27. The maximum atomic E-state index is 12.1. The topological polar surface area (TPSA) is 102 Å². The number of carbonyl (C=O) groups is 2. The number of nitro benzene ring substituents is 1. The van der Waals surface area contributed by atoms with Crippen LogP contribution >= 0.6 is 0 Å². The number of carbonyl (C=O) groups excluding carboxylic acids is 2. The molecule has 0 saturated carbocycles. The second-order valence-electron chi connectivity index (χ2n) is 6.28. The molecule has 1 heterocycles. The van der Waals surface area contributed by atoms with Gasteiger partial charge in [0.1, 0.15) is 5.75 Å². The number of aromatic nitrogens is 1. The van der Waals surface area contributed by atoms with Crippen LogP contribution in [0.25, 0.3) is 23.1 Å². The first-order valence-electron chi connectivity index (χ1n) is 8.77. The number of methoxy groups -OCH3 is 1. The Kier molecular flexibility index (Phi) is 5.99. The number of fused-ring (bicyclic) bond motifs is 1. The van der Waals surface area contributed by atoms with Crippen LogP contribution in [0.1, 0.15) is 17.5 Å². The molecule has 3 rings (SSSR count). The first-order valence-corrected chi connectivity index (χ1v) is 8.77. The molecule has 7 heteroatoms. The van der Waals surface area contributed by atoms with Gasteiger partial charge in [-0.05, 0) is 53.4 Å². The summed E-state index contributed by atoms with van der Waals surface area (Å²) in [5, 5.41) is 12.2. The van der Waals surface area contributed by atoms with Crippen molar-refractivity contribution in [1.29, 1.82) is 0 Å². The number of ketones is 2. The summed E-state index contributed by atoms with van der Waals surface area (Å²) >= 11 is 0. The van der Waals surface area contributed by atoms with Crippen molar-refractivity contribution < 1.29 is 19.2 Å². The zero-order chi connectivity index (χ0) is 20.8. The fourth-order valence-corrected chi connectivity index (χ4v) is 2.79. The van der Waals surface area contributed by atoms with Gasteiger partial charge < -0.3 is 9.72 Å². The largest absolute Gasteiger partial charge is 0.497 e. The summed E-state index contributed by atoms with van der Waals surface area (Å²) < 4.78 is 5.05. The lowest BCUT2D eigenvalue weighted by molar-refractivity contribution is -0.385. The van der Waals surface area contributed by atoms with Crippen molar-refractivity contribution in [3.05, 3.63) is 82.1 Å². The molecular formula is C22H18N2O5. The molecule has 0 unspecified atom stereocenters. The Labute approximate surface area is 166 Å². The lowest BCUT2D eigenvalue weighted by Crippen LogP contribution is -2.02. The standard InChI is InChI=1S/C22H18N2O5/c1-29-20-8-9-22(24(27)28)17(13-20)5-7-19(26)14-18(25)6-3-15-2-4-16-10-11-23-21(16)12-15/h2-13,23H,14H2,1H3/b6-3+,7-5+. The maximum Gasteiger partial charge on any atom is 0.276 e. The van der Waals surface area contributed by atoms with E-state index >= 15 is 0 Å². The zero-order valence-electron chi connectivity index (χ0n) is 15.6. The lowest BCUT2D eigenvalue weighted by Gasteiger charge is -2.02. The van der Waals surface area contributed by atoms with Crippen LogP contribution in [0, 0.1) is 10.1 Å². The van der Waals surface area contributed by atoms with Gasteiger partial charge in [0.25, 0.3) is 5.69 Å². The average Bonchev–Trinajstić information content (AvgIpc) is 3.18. The minimum atomic E-state index is -0.543. The number of rotatable bonds is 8. The van der Waals surface area contributed by atoms with Gasteiger partial charge >= 0.3 is 0 Å². The Morgan fingerprint density at radius 2 is 1.83 bits per heavy atom. The van der Waals surface area contributed by atoms with Gasteiger partial charge in [-0.25, -0.2) is 0 Å². The molecule has 2 aromatic carbocycles. The number of H-pyrrole nitrogens is 1. The Hall–Kier alpha value is -4.00. The number of allylic oxidation sites excluding steroid dienone is 2. The fraction of sp³-hybridized carbons (Fsp3) is 0.0909. The molecule has 0 amide bonds. The highest BCUT2D eigenvalue weighted by atomic mass is 16.6. The van der Waals surface area contributed by atoms with E-state index in [1.807, 2.05) is 30.5 Å². The summed E-state index contributed by atoms with van der Waals surface area (Å²) in [4.78, 5) is 37.8. The number of ether oxygens (including phenoxy) is 1. The minimum Gasteiger partial charge on any atom is -0.497 e. The van der Waals surface area contributed by atoms with E-state index in [-0.39, 0.29) is 23.5 Å². The quantitative estimate of drug-likeness (QED) is 0.267. The Morgan fingerprint density at radius 1 is 1.07 bits per heavy atom. The lowest BCUT2D eigenvalue weighted by atomic mass is 10.1. The van der Waals surface area contributed by atoms with Crippen molar-refractivity contribution in [3.8, 4) is 5.75 Å². The molecule has 3 aromatic rings. The fourth-order valence-electron chi connectivity index (χ4n) is 2.79. The number of nitro groups is 1. The van der Waals surface area contributed by atoms with Crippen LogP contribution in [-0.2, 0) is 9.59 Å². The predicted octanol–water partition coefficient (Wildman–Crippen LogP) is 4.34. The summed E-state index contributed by atoms with van der Waals surface area (Å²) in [7, 11) is 1.44. The van der Waals surface area contributed by atoms with Crippen molar-refractivity contribution in [2.75, 3.05) is 7.11 Å². The summed E-state index contributed by atoms with van der Waals surface area (Å²) in [6, 6.07) is 11.9. The van der Waals surface area contributed by atoms with Crippen molar-refractivity contribution in [2.24, 2.45) is 0 Å². The highest BCUT2D eigenvalue weighted by Crippen LogP contribution is 2.25. The summed E-state index contributed by atoms with van der Waals surface area (Å²) in [6.45, 7) is 0. The highest BCUT2D eigenvalue weighted by Gasteiger charge is 2.13. The molecule has 0 aliphatic carbocycles. The molecule has 0 saturated heterocycles. The van der Waals surface area contributed by atoms with Crippen LogP contribution in [-0.4, -0.2) is 28.6 Å². The van der Waals surface area contributed by atoms with Gasteiger partial charge in [0.05, 0.1) is 24.0 Å². The molecule has 29 heavy (non-hydrogen) atoms. The van der Waals surface area contributed by atoms with E-state index < -0.39 is 10.7 Å². The number of aromatic amines is 1. The van der Waals surface area contributed by atoms with Gasteiger partial charge in [0.15, 0.2) is 11.6 Å². The van der Waals surface area contributed by atoms with E-state index in [1.54, 1.807) is 6.08 Å². The van der Waals surface area contributed by atoms with Crippen LogP contribution in [0.5, 0.6) is 5.75 Å².